The van der Waals surface area contributed by atoms with Crippen LogP contribution in [-0.4, -0.2) is 30.4 Å². The van der Waals surface area contributed by atoms with Crippen LogP contribution >= 0.6 is 0 Å². The fourth-order valence-corrected chi connectivity index (χ4v) is 2.40. The molecule has 6 nitrogen and oxygen atoms in total. The van der Waals surface area contributed by atoms with E-state index in [4.69, 9.17) is 4.74 Å². The Morgan fingerprint density at radius 3 is 2.59 bits per heavy atom. The number of rotatable bonds is 6. The summed E-state index contributed by atoms with van der Waals surface area (Å²) in [4.78, 5) is 36.2. The molecule has 7 heteroatoms. The van der Waals surface area contributed by atoms with E-state index in [9.17, 15) is 18.8 Å². The Bertz CT molecular complexity index is 893. The molecule has 1 saturated carbocycles. The van der Waals surface area contributed by atoms with Crippen LogP contribution in [0.2, 0.25) is 0 Å². The van der Waals surface area contributed by atoms with Crippen LogP contribution in [0.4, 0.5) is 10.1 Å². The van der Waals surface area contributed by atoms with Crippen molar-refractivity contribution >= 4 is 23.5 Å². The number of esters is 1. The van der Waals surface area contributed by atoms with Crippen molar-refractivity contribution in [1.82, 2.24) is 5.32 Å². The van der Waals surface area contributed by atoms with E-state index in [1.54, 1.807) is 31.2 Å². The summed E-state index contributed by atoms with van der Waals surface area (Å²) >= 11 is 0. The van der Waals surface area contributed by atoms with Gasteiger partial charge in [-0.15, -0.1) is 0 Å². The Morgan fingerprint density at radius 1 is 1.15 bits per heavy atom. The second-order valence-electron chi connectivity index (χ2n) is 6.38. The van der Waals surface area contributed by atoms with Crippen LogP contribution in [0.5, 0.6) is 0 Å². The van der Waals surface area contributed by atoms with Crippen LogP contribution in [0.15, 0.2) is 42.5 Å². The van der Waals surface area contributed by atoms with Gasteiger partial charge in [0, 0.05) is 6.04 Å². The first kappa shape index (κ1) is 18.6. The van der Waals surface area contributed by atoms with Gasteiger partial charge in [0.15, 0.2) is 6.61 Å². The van der Waals surface area contributed by atoms with Gasteiger partial charge in [-0.25, -0.2) is 9.18 Å². The molecule has 1 aliphatic rings. The van der Waals surface area contributed by atoms with Crippen molar-refractivity contribution in [1.29, 1.82) is 0 Å². The SMILES string of the molecule is Cc1ccc(C(=O)OCC(=O)Nc2ccccc2C(=O)NC2CC2)cc1F. The summed E-state index contributed by atoms with van der Waals surface area (Å²) in [6, 6.07) is 10.7. The number of ether oxygens (including phenoxy) is 1. The molecule has 0 saturated heterocycles. The second kappa shape index (κ2) is 7.99. The zero-order valence-electron chi connectivity index (χ0n) is 14.8. The summed E-state index contributed by atoms with van der Waals surface area (Å²) in [5.41, 5.74) is 1.10. The van der Waals surface area contributed by atoms with Crippen LogP contribution in [0, 0.1) is 12.7 Å². The third-order valence-corrected chi connectivity index (χ3v) is 4.10. The molecule has 0 aliphatic heterocycles. The van der Waals surface area contributed by atoms with Crippen molar-refractivity contribution in [2.75, 3.05) is 11.9 Å². The predicted octanol–water partition coefficient (Wildman–Crippen LogP) is 2.82. The Morgan fingerprint density at radius 2 is 1.89 bits per heavy atom. The molecule has 3 rings (SSSR count). The zero-order valence-corrected chi connectivity index (χ0v) is 14.8. The maximum absolute atomic E-state index is 13.5. The average molecular weight is 370 g/mol. The monoisotopic (exact) mass is 370 g/mol. The molecule has 1 aliphatic carbocycles. The third kappa shape index (κ3) is 4.91. The van der Waals surface area contributed by atoms with E-state index in [-0.39, 0.29) is 17.5 Å². The van der Waals surface area contributed by atoms with E-state index in [1.807, 2.05) is 0 Å². The van der Waals surface area contributed by atoms with E-state index in [0.29, 0.717) is 16.8 Å². The number of carbonyl (C=O) groups is 3. The number of hydrogen-bond acceptors (Lipinski definition) is 4. The number of hydrogen-bond donors (Lipinski definition) is 2. The summed E-state index contributed by atoms with van der Waals surface area (Å²) < 4.78 is 18.4. The van der Waals surface area contributed by atoms with Crippen LogP contribution in [0.3, 0.4) is 0 Å². The van der Waals surface area contributed by atoms with Crippen molar-refractivity contribution in [2.24, 2.45) is 0 Å². The molecule has 27 heavy (non-hydrogen) atoms. The molecule has 0 spiro atoms. The first-order valence-electron chi connectivity index (χ1n) is 8.57. The quantitative estimate of drug-likeness (QED) is 0.766. The summed E-state index contributed by atoms with van der Waals surface area (Å²) in [5, 5.41) is 5.42. The molecule has 0 atom stereocenters. The second-order valence-corrected chi connectivity index (χ2v) is 6.38. The van der Waals surface area contributed by atoms with Crippen molar-refractivity contribution in [3.63, 3.8) is 0 Å². The van der Waals surface area contributed by atoms with Gasteiger partial charge in [0.25, 0.3) is 11.8 Å². The molecule has 140 valence electrons. The van der Waals surface area contributed by atoms with Gasteiger partial charge in [0.1, 0.15) is 5.82 Å². The number of anilines is 1. The summed E-state index contributed by atoms with van der Waals surface area (Å²) in [6.45, 7) is 1.03. The molecule has 0 aromatic heterocycles. The molecule has 2 aromatic rings. The van der Waals surface area contributed by atoms with Gasteiger partial charge in [-0.1, -0.05) is 18.2 Å². The van der Waals surface area contributed by atoms with Crippen molar-refractivity contribution < 1.29 is 23.5 Å². The summed E-state index contributed by atoms with van der Waals surface area (Å²) in [7, 11) is 0. The van der Waals surface area contributed by atoms with Crippen LogP contribution < -0.4 is 10.6 Å². The van der Waals surface area contributed by atoms with Gasteiger partial charge >= 0.3 is 5.97 Å². The fraction of sp³-hybridized carbons (Fsp3) is 0.250. The maximum Gasteiger partial charge on any atom is 0.338 e. The summed E-state index contributed by atoms with van der Waals surface area (Å²) in [5.74, 6) is -2.18. The van der Waals surface area contributed by atoms with E-state index in [2.05, 4.69) is 10.6 Å². The van der Waals surface area contributed by atoms with Gasteiger partial charge < -0.3 is 15.4 Å². The summed E-state index contributed by atoms with van der Waals surface area (Å²) in [6.07, 6.45) is 1.91. The number of para-hydroxylation sites is 1. The highest BCUT2D eigenvalue weighted by atomic mass is 19.1. The molecule has 2 N–H and O–H groups in total. The Kier molecular flexibility index (Phi) is 5.49. The number of halogens is 1. The van der Waals surface area contributed by atoms with Crippen molar-refractivity contribution in [2.45, 2.75) is 25.8 Å². The molecular formula is C20H19FN2O4. The third-order valence-electron chi connectivity index (χ3n) is 4.10. The van der Waals surface area contributed by atoms with Gasteiger partial charge in [0.05, 0.1) is 16.8 Å². The van der Waals surface area contributed by atoms with Crippen LogP contribution in [0.25, 0.3) is 0 Å². The number of nitrogens with one attached hydrogen (secondary N) is 2. The topological polar surface area (TPSA) is 84.5 Å². The predicted molar refractivity (Wildman–Crippen MR) is 97.0 cm³/mol. The normalized spacial score (nSPS) is 13.0. The minimum Gasteiger partial charge on any atom is -0.452 e. The van der Waals surface area contributed by atoms with Gasteiger partial charge in [-0.05, 0) is 49.6 Å². The first-order valence-corrected chi connectivity index (χ1v) is 8.57. The Balaban J connectivity index is 1.58. The minimum atomic E-state index is -0.802. The van der Waals surface area contributed by atoms with Gasteiger partial charge in [-0.2, -0.15) is 0 Å². The molecule has 2 aromatic carbocycles. The maximum atomic E-state index is 13.5. The van der Waals surface area contributed by atoms with E-state index < -0.39 is 24.3 Å². The lowest BCUT2D eigenvalue weighted by Gasteiger charge is -2.11. The van der Waals surface area contributed by atoms with E-state index in [1.165, 1.54) is 12.1 Å². The Hall–Kier alpha value is -3.22. The van der Waals surface area contributed by atoms with Crippen LogP contribution in [-0.2, 0) is 9.53 Å². The number of amides is 2. The van der Waals surface area contributed by atoms with Crippen molar-refractivity contribution in [3.8, 4) is 0 Å². The van der Waals surface area contributed by atoms with E-state index >= 15 is 0 Å². The molecule has 0 bridgehead atoms. The molecular weight excluding hydrogens is 351 g/mol. The number of carbonyl (C=O) groups excluding carboxylic acids is 3. The minimum absolute atomic E-state index is 0.0233. The highest BCUT2D eigenvalue weighted by Gasteiger charge is 2.25. The zero-order chi connectivity index (χ0) is 19.4. The lowest BCUT2D eigenvalue weighted by Crippen LogP contribution is -2.28. The fourth-order valence-electron chi connectivity index (χ4n) is 2.40. The lowest BCUT2D eigenvalue weighted by atomic mass is 10.1. The lowest BCUT2D eigenvalue weighted by molar-refractivity contribution is -0.119. The van der Waals surface area contributed by atoms with Gasteiger partial charge in [0.2, 0.25) is 0 Å². The van der Waals surface area contributed by atoms with Crippen molar-refractivity contribution in [3.05, 3.63) is 65.0 Å². The molecule has 0 unspecified atom stereocenters. The molecule has 2 amide bonds. The van der Waals surface area contributed by atoms with Crippen LogP contribution in [0.1, 0.15) is 39.1 Å². The van der Waals surface area contributed by atoms with Gasteiger partial charge in [-0.3, -0.25) is 9.59 Å². The molecule has 1 fully saturated rings. The standard InChI is InChI=1S/C20H19FN2O4/c1-12-6-7-13(10-16(12)21)20(26)27-11-18(24)23-17-5-3-2-4-15(17)19(25)22-14-8-9-14/h2-7,10,14H,8-9,11H2,1H3,(H,22,25)(H,23,24). The highest BCUT2D eigenvalue weighted by molar-refractivity contribution is 6.04. The molecule has 0 radical (unpaired) electrons. The smallest absolute Gasteiger partial charge is 0.338 e. The molecule has 0 heterocycles. The number of aryl methyl sites for hydroxylation is 1. The first-order chi connectivity index (χ1) is 12.9. The van der Waals surface area contributed by atoms with E-state index in [0.717, 1.165) is 18.9 Å². The highest BCUT2D eigenvalue weighted by Crippen LogP contribution is 2.21. The largest absolute Gasteiger partial charge is 0.452 e. The number of benzene rings is 2. The average Bonchev–Trinajstić information content (AvgIpc) is 3.46. The Labute approximate surface area is 155 Å².